The fourth-order valence-electron chi connectivity index (χ4n) is 0.951. The van der Waals surface area contributed by atoms with Crippen LogP contribution in [0.2, 0.25) is 0 Å². The number of amides is 1. The van der Waals surface area contributed by atoms with Crippen molar-refractivity contribution >= 4 is 5.91 Å². The van der Waals surface area contributed by atoms with E-state index in [9.17, 15) is 4.79 Å². The minimum atomic E-state index is -0.119. The molecule has 1 rings (SSSR count). The predicted octanol–water partition coefficient (Wildman–Crippen LogP) is 0.130. The number of nitrogens with one attached hydrogen (secondary N) is 1. The van der Waals surface area contributed by atoms with E-state index in [0.29, 0.717) is 18.1 Å². The van der Waals surface area contributed by atoms with E-state index in [2.05, 4.69) is 15.3 Å². The Hall–Kier alpha value is -1.85. The molecule has 1 N–H and O–H groups in total. The maximum atomic E-state index is 10.7. The van der Waals surface area contributed by atoms with Crippen LogP contribution in [0.25, 0.3) is 0 Å². The second-order valence-corrected chi connectivity index (χ2v) is 2.80. The van der Waals surface area contributed by atoms with Crippen molar-refractivity contribution in [1.29, 1.82) is 0 Å². The van der Waals surface area contributed by atoms with Crippen LogP contribution in [-0.2, 0) is 11.3 Å². The summed E-state index contributed by atoms with van der Waals surface area (Å²) in [7, 11) is 2.97. The van der Waals surface area contributed by atoms with Gasteiger partial charge in [-0.2, -0.15) is 9.97 Å². The molecule has 0 aliphatic carbocycles. The van der Waals surface area contributed by atoms with Crippen LogP contribution in [0.4, 0.5) is 0 Å². The number of ether oxygens (including phenoxy) is 2. The molecular formula is C9H13N3O3. The summed E-state index contributed by atoms with van der Waals surface area (Å²) in [6.45, 7) is 1.76. The molecule has 0 aliphatic heterocycles. The fourth-order valence-corrected chi connectivity index (χ4v) is 0.951. The van der Waals surface area contributed by atoms with Crippen LogP contribution in [0.3, 0.4) is 0 Å². The molecule has 0 saturated carbocycles. The zero-order valence-electron chi connectivity index (χ0n) is 8.90. The zero-order valence-corrected chi connectivity index (χ0v) is 8.90. The summed E-state index contributed by atoms with van der Waals surface area (Å²) in [6, 6.07) is 1.85. The Labute approximate surface area is 87.6 Å². The van der Waals surface area contributed by atoms with Crippen LogP contribution < -0.4 is 14.8 Å². The molecule has 0 saturated heterocycles. The molecule has 0 fully saturated rings. The Morgan fingerprint density at radius 3 is 2.67 bits per heavy atom. The average Bonchev–Trinajstić information content (AvgIpc) is 2.25. The van der Waals surface area contributed by atoms with E-state index in [-0.39, 0.29) is 11.9 Å². The van der Waals surface area contributed by atoms with Gasteiger partial charge in [0.2, 0.25) is 11.8 Å². The highest BCUT2D eigenvalue weighted by Crippen LogP contribution is 2.12. The van der Waals surface area contributed by atoms with Gasteiger partial charge in [-0.15, -0.1) is 0 Å². The number of methoxy groups -OCH3 is 2. The summed E-state index contributed by atoms with van der Waals surface area (Å²) >= 11 is 0. The number of hydrogen-bond donors (Lipinski definition) is 1. The van der Waals surface area contributed by atoms with Crippen LogP contribution in [-0.4, -0.2) is 30.1 Å². The van der Waals surface area contributed by atoms with Gasteiger partial charge >= 0.3 is 6.01 Å². The van der Waals surface area contributed by atoms with Crippen LogP contribution in [0.15, 0.2) is 6.07 Å². The van der Waals surface area contributed by atoms with Gasteiger partial charge in [-0.1, -0.05) is 0 Å². The van der Waals surface area contributed by atoms with Gasteiger partial charge in [-0.25, -0.2) is 0 Å². The summed E-state index contributed by atoms with van der Waals surface area (Å²) in [5, 5.41) is 2.62. The van der Waals surface area contributed by atoms with Gasteiger partial charge < -0.3 is 14.8 Å². The monoisotopic (exact) mass is 211 g/mol. The van der Waals surface area contributed by atoms with E-state index in [0.717, 1.165) is 0 Å². The first kappa shape index (κ1) is 11.2. The van der Waals surface area contributed by atoms with Crippen LogP contribution in [0.5, 0.6) is 11.9 Å². The number of aromatic nitrogens is 2. The minimum absolute atomic E-state index is 0.119. The molecule has 1 aromatic heterocycles. The quantitative estimate of drug-likeness (QED) is 0.766. The van der Waals surface area contributed by atoms with Crippen molar-refractivity contribution in [3.8, 4) is 11.9 Å². The van der Waals surface area contributed by atoms with Gasteiger partial charge in [-0.05, 0) is 0 Å². The molecule has 1 aromatic rings. The van der Waals surface area contributed by atoms with Crippen molar-refractivity contribution in [2.45, 2.75) is 13.5 Å². The molecule has 82 valence electrons. The normalized spacial score (nSPS) is 9.53. The smallest absolute Gasteiger partial charge is 0.319 e. The third-order valence-corrected chi connectivity index (χ3v) is 1.65. The summed E-state index contributed by atoms with van der Waals surface area (Å²) < 4.78 is 9.85. The Morgan fingerprint density at radius 2 is 2.13 bits per heavy atom. The Bertz CT molecular complexity index is 332. The molecule has 0 aliphatic rings. The van der Waals surface area contributed by atoms with Crippen molar-refractivity contribution < 1.29 is 14.3 Å². The Morgan fingerprint density at radius 1 is 1.40 bits per heavy atom. The topological polar surface area (TPSA) is 73.3 Å². The number of carbonyl (C=O) groups is 1. The second kappa shape index (κ2) is 5.14. The summed E-state index contributed by atoms with van der Waals surface area (Å²) in [5.74, 6) is 0.286. The van der Waals surface area contributed by atoms with E-state index < -0.39 is 0 Å². The van der Waals surface area contributed by atoms with Crippen molar-refractivity contribution in [2.24, 2.45) is 0 Å². The van der Waals surface area contributed by atoms with Crippen molar-refractivity contribution in [3.05, 3.63) is 11.8 Å². The molecule has 6 nitrogen and oxygen atoms in total. The fraction of sp³-hybridized carbons (Fsp3) is 0.444. The lowest BCUT2D eigenvalue weighted by Crippen LogP contribution is -2.19. The average molecular weight is 211 g/mol. The van der Waals surface area contributed by atoms with Gasteiger partial charge in [0.05, 0.1) is 26.5 Å². The van der Waals surface area contributed by atoms with Crippen LogP contribution in [0, 0.1) is 0 Å². The molecule has 1 amide bonds. The maximum Gasteiger partial charge on any atom is 0.319 e. The number of nitrogens with zero attached hydrogens (tertiary/aromatic N) is 2. The Kier molecular flexibility index (Phi) is 3.84. The number of carbonyl (C=O) groups excluding carboxylic acids is 1. The molecule has 0 unspecified atom stereocenters. The van der Waals surface area contributed by atoms with E-state index in [1.165, 1.54) is 21.1 Å². The summed E-state index contributed by atoms with van der Waals surface area (Å²) in [6.07, 6.45) is 0. The van der Waals surface area contributed by atoms with Gasteiger partial charge in [0.1, 0.15) is 0 Å². The van der Waals surface area contributed by atoms with Gasteiger partial charge in [0, 0.05) is 13.0 Å². The third kappa shape index (κ3) is 3.41. The lowest BCUT2D eigenvalue weighted by Gasteiger charge is -2.06. The van der Waals surface area contributed by atoms with Crippen molar-refractivity contribution in [1.82, 2.24) is 15.3 Å². The lowest BCUT2D eigenvalue weighted by molar-refractivity contribution is -0.119. The predicted molar refractivity (Wildman–Crippen MR) is 52.7 cm³/mol. The standard InChI is InChI=1S/C9H13N3O3/c1-6(13)10-5-7-4-8(14-2)12-9(11-7)15-3/h4H,5H2,1-3H3,(H,10,13). The molecule has 0 atom stereocenters. The highest BCUT2D eigenvalue weighted by Gasteiger charge is 2.05. The first-order chi connectivity index (χ1) is 7.15. The van der Waals surface area contributed by atoms with E-state index in [1.54, 1.807) is 6.07 Å². The maximum absolute atomic E-state index is 10.7. The largest absolute Gasteiger partial charge is 0.481 e. The number of rotatable bonds is 4. The van der Waals surface area contributed by atoms with Crippen LogP contribution >= 0.6 is 0 Å². The van der Waals surface area contributed by atoms with Gasteiger partial charge in [-0.3, -0.25) is 4.79 Å². The van der Waals surface area contributed by atoms with E-state index in [4.69, 9.17) is 9.47 Å². The highest BCUT2D eigenvalue weighted by molar-refractivity contribution is 5.72. The SMILES string of the molecule is COc1cc(CNC(C)=O)nc(OC)n1. The second-order valence-electron chi connectivity index (χ2n) is 2.80. The third-order valence-electron chi connectivity index (χ3n) is 1.65. The molecule has 0 radical (unpaired) electrons. The molecular weight excluding hydrogens is 198 g/mol. The zero-order chi connectivity index (χ0) is 11.3. The molecule has 6 heteroatoms. The van der Waals surface area contributed by atoms with Gasteiger partial charge in [0.15, 0.2) is 0 Å². The molecule has 1 heterocycles. The van der Waals surface area contributed by atoms with E-state index >= 15 is 0 Å². The van der Waals surface area contributed by atoms with Crippen LogP contribution in [0.1, 0.15) is 12.6 Å². The van der Waals surface area contributed by atoms with Gasteiger partial charge in [0.25, 0.3) is 0 Å². The number of hydrogen-bond acceptors (Lipinski definition) is 5. The molecule has 0 aromatic carbocycles. The minimum Gasteiger partial charge on any atom is -0.481 e. The summed E-state index contributed by atoms with van der Waals surface area (Å²) in [5.41, 5.74) is 0.633. The first-order valence-electron chi connectivity index (χ1n) is 4.36. The first-order valence-corrected chi connectivity index (χ1v) is 4.36. The van der Waals surface area contributed by atoms with Crippen molar-refractivity contribution in [2.75, 3.05) is 14.2 Å². The van der Waals surface area contributed by atoms with Crippen molar-refractivity contribution in [3.63, 3.8) is 0 Å². The molecule has 15 heavy (non-hydrogen) atoms. The molecule has 0 spiro atoms. The Balaban J connectivity index is 2.81. The highest BCUT2D eigenvalue weighted by atomic mass is 16.5. The molecule has 0 bridgehead atoms. The lowest BCUT2D eigenvalue weighted by atomic mass is 10.4. The summed E-state index contributed by atoms with van der Waals surface area (Å²) in [4.78, 5) is 18.7. The van der Waals surface area contributed by atoms with E-state index in [1.807, 2.05) is 0 Å².